The molecule has 0 spiro atoms. The fraction of sp³-hybridized carbons (Fsp3) is 0.909. The summed E-state index contributed by atoms with van der Waals surface area (Å²) in [4.78, 5) is 13.4. The van der Waals surface area contributed by atoms with Crippen LogP contribution in [0, 0.1) is 0 Å². The Morgan fingerprint density at radius 2 is 2.12 bits per heavy atom. The summed E-state index contributed by atoms with van der Waals surface area (Å²) < 4.78 is 28.2. The van der Waals surface area contributed by atoms with Gasteiger partial charge in [-0.15, -0.1) is 0 Å². The van der Waals surface area contributed by atoms with E-state index in [0.29, 0.717) is 19.6 Å². The lowest BCUT2D eigenvalue weighted by molar-refractivity contribution is -0.132. The van der Waals surface area contributed by atoms with Crippen molar-refractivity contribution < 1.29 is 18.3 Å². The molecule has 0 aliphatic heterocycles. The Hall–Kier alpha value is -0.750. The topological polar surface area (TPSA) is 55.6 Å². The van der Waals surface area contributed by atoms with Gasteiger partial charge in [-0.25, -0.2) is 8.78 Å². The van der Waals surface area contributed by atoms with Gasteiger partial charge >= 0.3 is 0 Å². The lowest BCUT2D eigenvalue weighted by Crippen LogP contribution is -2.34. The number of hydrogen-bond acceptors (Lipinski definition) is 3. The zero-order chi connectivity index (χ0) is 13.1. The minimum atomic E-state index is -2.48. The molecule has 0 aliphatic carbocycles. The largest absolute Gasteiger partial charge is 0.375 e. The second-order valence-corrected chi connectivity index (χ2v) is 3.74. The Kier molecular flexibility index (Phi) is 9.95. The van der Waals surface area contributed by atoms with Gasteiger partial charge < -0.3 is 15.4 Å². The summed E-state index contributed by atoms with van der Waals surface area (Å²) in [6.07, 6.45) is -0.705. The summed E-state index contributed by atoms with van der Waals surface area (Å²) >= 11 is 0. The fourth-order valence-electron chi connectivity index (χ4n) is 1.40. The van der Waals surface area contributed by atoms with E-state index in [4.69, 9.17) is 5.73 Å². The summed E-state index contributed by atoms with van der Waals surface area (Å²) in [7, 11) is 0. The van der Waals surface area contributed by atoms with Crippen LogP contribution < -0.4 is 5.73 Å². The molecular formula is C11H22F2N2O2. The van der Waals surface area contributed by atoms with Crippen LogP contribution in [0.1, 0.15) is 26.2 Å². The van der Waals surface area contributed by atoms with Crippen LogP contribution in [-0.2, 0) is 9.53 Å². The van der Waals surface area contributed by atoms with E-state index in [9.17, 15) is 13.6 Å². The number of amides is 1. The molecule has 0 saturated heterocycles. The number of nitrogens with two attached hydrogens (primary N) is 1. The van der Waals surface area contributed by atoms with Gasteiger partial charge in [-0.3, -0.25) is 4.79 Å². The molecule has 0 saturated carbocycles. The second kappa shape index (κ2) is 10.4. The summed E-state index contributed by atoms with van der Waals surface area (Å²) in [6.45, 7) is 3.26. The molecule has 0 aromatic carbocycles. The first-order valence-electron chi connectivity index (χ1n) is 5.95. The molecule has 17 heavy (non-hydrogen) atoms. The maximum atomic E-state index is 11.8. The first-order valence-corrected chi connectivity index (χ1v) is 5.95. The maximum absolute atomic E-state index is 11.8. The first kappa shape index (κ1) is 16.2. The SMILES string of the molecule is CCCN(CCCN)C(=O)CCOCC(F)F. The monoisotopic (exact) mass is 252 g/mol. The Balaban J connectivity index is 3.80. The highest BCUT2D eigenvalue weighted by Gasteiger charge is 2.12. The van der Waals surface area contributed by atoms with Crippen molar-refractivity contribution in [3.05, 3.63) is 0 Å². The molecule has 0 atom stereocenters. The molecule has 1 amide bonds. The van der Waals surface area contributed by atoms with Crippen LogP contribution in [0.5, 0.6) is 0 Å². The van der Waals surface area contributed by atoms with Crippen LogP contribution >= 0.6 is 0 Å². The Labute approximate surface area is 101 Å². The molecule has 0 heterocycles. The van der Waals surface area contributed by atoms with Crippen LogP contribution in [0.25, 0.3) is 0 Å². The van der Waals surface area contributed by atoms with E-state index in [1.165, 1.54) is 0 Å². The van der Waals surface area contributed by atoms with Crippen molar-refractivity contribution in [2.24, 2.45) is 5.73 Å². The number of hydrogen-bond donors (Lipinski definition) is 1. The van der Waals surface area contributed by atoms with Crippen molar-refractivity contribution in [3.63, 3.8) is 0 Å². The highest BCUT2D eigenvalue weighted by molar-refractivity contribution is 5.76. The van der Waals surface area contributed by atoms with Crippen LogP contribution in [-0.4, -0.2) is 50.1 Å². The number of carbonyl (C=O) groups excluding carboxylic acids is 1. The third-order valence-corrected chi connectivity index (χ3v) is 2.18. The molecule has 0 fully saturated rings. The molecule has 0 rings (SSSR count). The highest BCUT2D eigenvalue weighted by Crippen LogP contribution is 2.00. The zero-order valence-electron chi connectivity index (χ0n) is 10.3. The van der Waals surface area contributed by atoms with E-state index in [0.717, 1.165) is 12.8 Å². The number of alkyl halides is 2. The number of nitrogens with zero attached hydrogens (tertiary/aromatic N) is 1. The van der Waals surface area contributed by atoms with E-state index >= 15 is 0 Å². The van der Waals surface area contributed by atoms with Crippen molar-refractivity contribution in [1.82, 2.24) is 4.90 Å². The van der Waals surface area contributed by atoms with Crippen LogP contribution in [0.15, 0.2) is 0 Å². The van der Waals surface area contributed by atoms with Gasteiger partial charge in [-0.05, 0) is 19.4 Å². The third kappa shape index (κ3) is 9.00. The van der Waals surface area contributed by atoms with Gasteiger partial charge in [-0.2, -0.15) is 0 Å². The Bertz CT molecular complexity index is 204. The van der Waals surface area contributed by atoms with Crippen molar-refractivity contribution >= 4 is 5.91 Å². The molecule has 102 valence electrons. The molecule has 6 heteroatoms. The summed E-state index contributed by atoms with van der Waals surface area (Å²) in [5, 5.41) is 0. The van der Waals surface area contributed by atoms with E-state index in [1.54, 1.807) is 4.90 Å². The predicted molar refractivity (Wildman–Crippen MR) is 62.0 cm³/mol. The molecule has 0 radical (unpaired) electrons. The first-order chi connectivity index (χ1) is 8.11. The fourth-order valence-corrected chi connectivity index (χ4v) is 1.40. The molecule has 0 unspecified atom stereocenters. The highest BCUT2D eigenvalue weighted by atomic mass is 19.3. The van der Waals surface area contributed by atoms with E-state index in [-0.39, 0.29) is 18.9 Å². The van der Waals surface area contributed by atoms with Crippen molar-refractivity contribution in [2.45, 2.75) is 32.6 Å². The van der Waals surface area contributed by atoms with E-state index in [2.05, 4.69) is 4.74 Å². The average Bonchev–Trinajstić information content (AvgIpc) is 2.29. The van der Waals surface area contributed by atoms with Gasteiger partial charge in [0.15, 0.2) is 0 Å². The molecule has 0 bridgehead atoms. The molecule has 4 nitrogen and oxygen atoms in total. The number of ether oxygens (including phenoxy) is 1. The Morgan fingerprint density at radius 1 is 1.41 bits per heavy atom. The van der Waals surface area contributed by atoms with Gasteiger partial charge in [0.05, 0.1) is 13.0 Å². The third-order valence-electron chi connectivity index (χ3n) is 2.18. The minimum absolute atomic E-state index is 0.0476. The average molecular weight is 252 g/mol. The zero-order valence-corrected chi connectivity index (χ0v) is 10.3. The van der Waals surface area contributed by atoms with Crippen LogP contribution in [0.2, 0.25) is 0 Å². The molecule has 2 N–H and O–H groups in total. The molecule has 0 aromatic heterocycles. The van der Waals surface area contributed by atoms with Gasteiger partial charge in [0, 0.05) is 13.1 Å². The molecule has 0 aromatic rings. The Morgan fingerprint density at radius 3 is 2.65 bits per heavy atom. The quantitative estimate of drug-likeness (QED) is 0.595. The van der Waals surface area contributed by atoms with Gasteiger partial charge in [0.25, 0.3) is 6.43 Å². The standard InChI is InChI=1S/C11H22F2N2O2/c1-2-6-15(7-3-5-14)11(16)4-8-17-9-10(12)13/h10H,2-9,14H2,1H3. The lowest BCUT2D eigenvalue weighted by Gasteiger charge is -2.21. The van der Waals surface area contributed by atoms with Crippen molar-refractivity contribution in [1.29, 1.82) is 0 Å². The predicted octanol–water partition coefficient (Wildman–Crippen LogP) is 1.25. The summed E-state index contributed by atoms with van der Waals surface area (Å²) in [5.41, 5.74) is 5.38. The molecule has 0 aliphatic rings. The number of rotatable bonds is 10. The lowest BCUT2D eigenvalue weighted by atomic mass is 10.3. The van der Waals surface area contributed by atoms with Crippen LogP contribution in [0.3, 0.4) is 0 Å². The minimum Gasteiger partial charge on any atom is -0.375 e. The van der Waals surface area contributed by atoms with Crippen molar-refractivity contribution in [2.75, 3.05) is 32.8 Å². The summed E-state index contributed by atoms with van der Waals surface area (Å²) in [5.74, 6) is -0.0606. The summed E-state index contributed by atoms with van der Waals surface area (Å²) in [6, 6.07) is 0. The number of carbonyl (C=O) groups is 1. The van der Waals surface area contributed by atoms with E-state index in [1.807, 2.05) is 6.92 Å². The molecular weight excluding hydrogens is 230 g/mol. The van der Waals surface area contributed by atoms with Crippen LogP contribution in [0.4, 0.5) is 8.78 Å². The normalized spacial score (nSPS) is 10.9. The van der Waals surface area contributed by atoms with Gasteiger partial charge in [0.2, 0.25) is 5.91 Å². The van der Waals surface area contributed by atoms with Crippen molar-refractivity contribution in [3.8, 4) is 0 Å². The smallest absolute Gasteiger partial charge is 0.261 e. The maximum Gasteiger partial charge on any atom is 0.261 e. The van der Waals surface area contributed by atoms with E-state index < -0.39 is 13.0 Å². The second-order valence-electron chi connectivity index (χ2n) is 3.74. The van der Waals surface area contributed by atoms with Gasteiger partial charge in [0.1, 0.15) is 6.61 Å². The van der Waals surface area contributed by atoms with Gasteiger partial charge in [-0.1, -0.05) is 6.92 Å². The number of halogens is 2.